The van der Waals surface area contributed by atoms with E-state index in [2.05, 4.69) is 421 Å². The fraction of sp³-hybridized carbons (Fsp3) is 0.00990. The molecule has 1 aliphatic rings. The first kappa shape index (κ1) is 62.5. The second-order valence-electron chi connectivity index (χ2n) is 26.5. The second kappa shape index (κ2) is 27.4. The minimum Gasteiger partial charge on any atom is -1.00 e. The van der Waals surface area contributed by atoms with E-state index < -0.39 is 0 Å². The van der Waals surface area contributed by atoms with Crippen LogP contribution in [0.25, 0.3) is 171 Å². The molecule has 1 aromatic heterocycles. The Bertz CT molecular complexity index is 6300. The quantitative estimate of drug-likeness (QED) is 0.127. The standard InChI is InChI=1S/C50H33N.C38H25Br.C13H10.H/c1-3-17-34(18-4-1)37-21-7-9-25-41(37)49-43-27-11-12-28-44(43)50(42-26-10-8-22-38(42)35-19-5-2-6-20-35)46-33-36(31-32-45(46)49)51-47-29-15-13-23-39(47)40-24-14-16-30-48(40)51;39-28-23-24-35-36(25-28)38(32-20-10-8-18-30(32)27-15-5-2-6-16-27)34-22-12-11-21-33(34)37(35)31-19-9-7-17-29(31)26-13-3-1-4-14-26;1-3-7-12-10(5-1)9-11-6-2-4-8-13(11)12;/h1-33H;1-25H;1-8H,9H2;/q;;;-1. The van der Waals surface area contributed by atoms with Crippen LogP contribution in [0.5, 0.6) is 0 Å². The van der Waals surface area contributed by atoms with Crippen LogP contribution in [0.3, 0.4) is 0 Å². The monoisotopic (exact) mass is 1370 g/mol. The van der Waals surface area contributed by atoms with E-state index in [1.54, 1.807) is 0 Å². The number of para-hydroxylation sites is 2. The summed E-state index contributed by atoms with van der Waals surface area (Å²) in [4.78, 5) is 0. The first-order valence-electron chi connectivity index (χ1n) is 35.5. The lowest BCUT2D eigenvalue weighted by molar-refractivity contribution is 1.19. The van der Waals surface area contributed by atoms with Gasteiger partial charge in [-0.25, -0.2) is 0 Å². The third-order valence-corrected chi connectivity index (χ3v) is 21.2. The summed E-state index contributed by atoms with van der Waals surface area (Å²) in [5.74, 6) is 0. The highest BCUT2D eigenvalue weighted by molar-refractivity contribution is 9.10. The first-order chi connectivity index (χ1) is 51.1. The van der Waals surface area contributed by atoms with E-state index in [0.717, 1.165) is 16.6 Å². The van der Waals surface area contributed by atoms with Gasteiger partial charge < -0.3 is 5.99 Å². The molecule has 0 spiro atoms. The van der Waals surface area contributed by atoms with Crippen LogP contribution in [0.15, 0.2) is 405 Å². The first-order valence-corrected chi connectivity index (χ1v) is 36.3. The normalized spacial score (nSPS) is 11.5. The molecule has 486 valence electrons. The van der Waals surface area contributed by atoms with Gasteiger partial charge in [0.15, 0.2) is 0 Å². The molecule has 0 unspecified atom stereocenters. The number of hydrogen-bond donors (Lipinski definition) is 0. The maximum Gasteiger partial charge on any atom is 0.0541 e. The van der Waals surface area contributed by atoms with Crippen LogP contribution in [0.4, 0.5) is 0 Å². The zero-order chi connectivity index (χ0) is 68.6. The topological polar surface area (TPSA) is 4.93 Å². The molecule has 20 rings (SSSR count). The molecule has 0 amide bonds. The zero-order valence-electron chi connectivity index (χ0n) is 57.6. The molecule has 0 bridgehead atoms. The van der Waals surface area contributed by atoms with Crippen molar-refractivity contribution in [3.8, 4) is 106 Å². The number of rotatable bonds is 9. The fourth-order valence-electron chi connectivity index (χ4n) is 16.2. The number of aromatic nitrogens is 1. The Kier molecular flexibility index (Phi) is 16.6. The van der Waals surface area contributed by atoms with Gasteiger partial charge in [0, 0.05) is 20.9 Å². The van der Waals surface area contributed by atoms with Gasteiger partial charge in [0.05, 0.1) is 11.0 Å². The van der Waals surface area contributed by atoms with E-state index in [4.69, 9.17) is 0 Å². The minimum atomic E-state index is 0. The van der Waals surface area contributed by atoms with Crippen molar-refractivity contribution in [2.45, 2.75) is 6.42 Å². The molecular formula is C101H69BrN-. The summed E-state index contributed by atoms with van der Waals surface area (Å²) in [7, 11) is 0. The second-order valence-corrected chi connectivity index (χ2v) is 27.4. The lowest BCUT2D eigenvalue weighted by atomic mass is 9.82. The summed E-state index contributed by atoms with van der Waals surface area (Å²) in [6.45, 7) is 0. The van der Waals surface area contributed by atoms with Crippen molar-refractivity contribution in [2.75, 3.05) is 0 Å². The number of hydrogen-bond acceptors (Lipinski definition) is 0. The van der Waals surface area contributed by atoms with Gasteiger partial charge in [-0.1, -0.05) is 380 Å². The molecule has 19 aromatic rings. The molecule has 1 nitrogen and oxygen atoms in total. The lowest BCUT2D eigenvalue weighted by Gasteiger charge is -2.22. The van der Waals surface area contributed by atoms with Crippen molar-refractivity contribution < 1.29 is 1.43 Å². The molecule has 2 heteroatoms. The maximum absolute atomic E-state index is 3.80. The molecule has 0 aliphatic heterocycles. The molecule has 0 saturated carbocycles. The Morgan fingerprint density at radius 2 is 0.447 bits per heavy atom. The Balaban J connectivity index is 0.000000133. The Hall–Kier alpha value is -12.7. The SMILES string of the molecule is Brc1ccc2c(-c3ccccc3-c3ccccc3)c3ccccc3c(-c3ccccc3-c3ccccc3)c2c1.[H-].c1ccc(-c2ccccc2-c2c3ccccc3c(-c3ccccc3-c3ccccc3)c3cc(-n4c5ccccc5c5ccccc54)ccc23)cc1.c1ccc2c(c1)Cc1ccccc1-2. The summed E-state index contributed by atoms with van der Waals surface area (Å²) in [6.07, 6.45) is 1.10. The van der Waals surface area contributed by atoms with Gasteiger partial charge in [-0.2, -0.15) is 0 Å². The van der Waals surface area contributed by atoms with Crippen LogP contribution in [-0.2, 0) is 6.42 Å². The van der Waals surface area contributed by atoms with Crippen molar-refractivity contribution >= 4 is 80.8 Å². The van der Waals surface area contributed by atoms with Gasteiger partial charge in [0.2, 0.25) is 0 Å². The molecule has 0 atom stereocenters. The van der Waals surface area contributed by atoms with Gasteiger partial charge in [0.25, 0.3) is 0 Å². The number of fused-ring (bicyclic) bond motifs is 10. The molecule has 0 N–H and O–H groups in total. The van der Waals surface area contributed by atoms with Crippen molar-refractivity contribution in [1.82, 2.24) is 4.57 Å². The van der Waals surface area contributed by atoms with E-state index >= 15 is 0 Å². The minimum absolute atomic E-state index is 0. The summed E-state index contributed by atoms with van der Waals surface area (Å²) in [5, 5.41) is 12.5. The van der Waals surface area contributed by atoms with Crippen molar-refractivity contribution in [3.05, 3.63) is 416 Å². The average molecular weight is 1380 g/mol. The fourth-order valence-corrected chi connectivity index (χ4v) is 16.5. The number of halogens is 1. The summed E-state index contributed by atoms with van der Waals surface area (Å²) < 4.78 is 3.51. The van der Waals surface area contributed by atoms with Gasteiger partial charge >= 0.3 is 0 Å². The third-order valence-electron chi connectivity index (χ3n) is 20.7. The molecule has 103 heavy (non-hydrogen) atoms. The zero-order valence-corrected chi connectivity index (χ0v) is 58.2. The number of benzene rings is 18. The van der Waals surface area contributed by atoms with Gasteiger partial charge in [0.1, 0.15) is 0 Å². The van der Waals surface area contributed by atoms with Gasteiger partial charge in [-0.15, -0.1) is 0 Å². The van der Waals surface area contributed by atoms with Crippen LogP contribution in [-0.4, -0.2) is 4.57 Å². The highest BCUT2D eigenvalue weighted by Gasteiger charge is 2.25. The van der Waals surface area contributed by atoms with E-state index in [1.165, 1.54) is 176 Å². The predicted octanol–water partition coefficient (Wildman–Crippen LogP) is 28.6. The Morgan fingerprint density at radius 1 is 0.194 bits per heavy atom. The summed E-state index contributed by atoms with van der Waals surface area (Å²) in [5.41, 5.74) is 29.1. The van der Waals surface area contributed by atoms with Crippen molar-refractivity contribution in [3.63, 3.8) is 0 Å². The molecule has 1 aliphatic carbocycles. The third kappa shape index (κ3) is 11.5. The van der Waals surface area contributed by atoms with Crippen molar-refractivity contribution in [2.24, 2.45) is 0 Å². The molecule has 0 saturated heterocycles. The van der Waals surface area contributed by atoms with Crippen LogP contribution < -0.4 is 0 Å². The Labute approximate surface area is 610 Å². The maximum atomic E-state index is 3.80. The molecule has 1 heterocycles. The van der Waals surface area contributed by atoms with Gasteiger partial charge in [-0.3, -0.25) is 0 Å². The van der Waals surface area contributed by atoms with Crippen LogP contribution in [0.2, 0.25) is 0 Å². The van der Waals surface area contributed by atoms with Gasteiger partial charge in [-0.05, 0) is 197 Å². The summed E-state index contributed by atoms with van der Waals surface area (Å²) in [6, 6.07) is 145. The highest BCUT2D eigenvalue weighted by atomic mass is 79.9. The van der Waals surface area contributed by atoms with Crippen LogP contribution in [0.1, 0.15) is 12.6 Å². The molecule has 18 aromatic carbocycles. The van der Waals surface area contributed by atoms with E-state index in [9.17, 15) is 0 Å². The Morgan fingerprint density at radius 3 is 0.806 bits per heavy atom. The molecular weight excluding hydrogens is 1310 g/mol. The number of nitrogens with zero attached hydrogens (tertiary/aromatic N) is 1. The largest absolute Gasteiger partial charge is 1.00 e. The lowest BCUT2D eigenvalue weighted by Crippen LogP contribution is -1.97. The van der Waals surface area contributed by atoms with E-state index in [0.29, 0.717) is 0 Å². The van der Waals surface area contributed by atoms with Crippen molar-refractivity contribution in [1.29, 1.82) is 0 Å². The van der Waals surface area contributed by atoms with E-state index in [1.807, 2.05) is 0 Å². The van der Waals surface area contributed by atoms with Crippen LogP contribution >= 0.6 is 15.9 Å². The summed E-state index contributed by atoms with van der Waals surface area (Å²) >= 11 is 3.80. The molecule has 0 fully saturated rings. The van der Waals surface area contributed by atoms with E-state index in [-0.39, 0.29) is 1.43 Å². The average Bonchev–Trinajstić information content (AvgIpc) is 0.969. The highest BCUT2D eigenvalue weighted by Crippen LogP contribution is 2.51. The predicted molar refractivity (Wildman–Crippen MR) is 444 cm³/mol. The smallest absolute Gasteiger partial charge is 0.0541 e. The van der Waals surface area contributed by atoms with Crippen LogP contribution in [0, 0.1) is 0 Å². The molecule has 0 radical (unpaired) electrons.